The Morgan fingerprint density at radius 2 is 1.75 bits per heavy atom. The molecule has 0 fully saturated rings. The number of hydrogen-bond acceptors (Lipinski definition) is 4. The van der Waals surface area contributed by atoms with Gasteiger partial charge in [0, 0.05) is 18.2 Å². The summed E-state index contributed by atoms with van der Waals surface area (Å²) in [5.41, 5.74) is 1.92. The van der Waals surface area contributed by atoms with E-state index in [1.807, 2.05) is 36.4 Å². The number of nitrogens with one attached hydrogen (secondary N) is 1. The maximum Gasteiger partial charge on any atom is 0.224 e. The zero-order valence-electron chi connectivity index (χ0n) is 14.3. The number of methoxy groups -OCH3 is 3. The average Bonchev–Trinajstić information content (AvgIpc) is 2.61. The van der Waals surface area contributed by atoms with Crippen molar-refractivity contribution in [2.24, 2.45) is 0 Å². The lowest BCUT2D eigenvalue weighted by atomic mass is 10.1. The highest BCUT2D eigenvalue weighted by Gasteiger charge is 2.13. The molecule has 24 heavy (non-hydrogen) atoms. The van der Waals surface area contributed by atoms with Gasteiger partial charge in [0.2, 0.25) is 5.91 Å². The Morgan fingerprint density at radius 3 is 2.38 bits per heavy atom. The van der Waals surface area contributed by atoms with E-state index in [1.54, 1.807) is 27.4 Å². The molecule has 2 aromatic carbocycles. The summed E-state index contributed by atoms with van der Waals surface area (Å²) in [7, 11) is 4.79. The molecule has 0 aromatic heterocycles. The zero-order chi connectivity index (χ0) is 17.4. The molecular formula is C19H23NO4. The average molecular weight is 329 g/mol. The van der Waals surface area contributed by atoms with E-state index in [2.05, 4.69) is 5.32 Å². The maximum atomic E-state index is 12.0. The molecule has 5 nitrogen and oxygen atoms in total. The second-order valence-electron chi connectivity index (χ2n) is 5.28. The van der Waals surface area contributed by atoms with Crippen LogP contribution in [0, 0.1) is 0 Å². The van der Waals surface area contributed by atoms with Crippen LogP contribution in [0.5, 0.6) is 17.2 Å². The first-order chi connectivity index (χ1) is 11.7. The number of ether oxygens (including phenoxy) is 3. The first-order valence-corrected chi connectivity index (χ1v) is 7.77. The van der Waals surface area contributed by atoms with Crippen LogP contribution in [0.2, 0.25) is 0 Å². The van der Waals surface area contributed by atoms with Gasteiger partial charge in [0.25, 0.3) is 0 Å². The fourth-order valence-corrected chi connectivity index (χ4v) is 2.50. The number of carbonyl (C=O) groups excluding carboxylic acids is 1. The first-order valence-electron chi connectivity index (χ1n) is 7.77. The first kappa shape index (κ1) is 17.7. The molecule has 0 unspecified atom stereocenters. The van der Waals surface area contributed by atoms with Crippen molar-refractivity contribution < 1.29 is 19.0 Å². The maximum absolute atomic E-state index is 12.0. The number of hydrogen-bond donors (Lipinski definition) is 1. The standard InChI is InChI=1S/C19H23NO4/c1-22-16-12-15(19(24-3)17(13-16)23-2)9-10-20-18(21)11-14-7-5-4-6-8-14/h4-8,12-13H,9-11H2,1-3H3,(H,20,21). The van der Waals surface area contributed by atoms with Gasteiger partial charge in [0.05, 0.1) is 27.8 Å². The predicted octanol–water partition coefficient (Wildman–Crippen LogP) is 2.61. The van der Waals surface area contributed by atoms with Crippen molar-refractivity contribution in [1.82, 2.24) is 5.32 Å². The summed E-state index contributed by atoms with van der Waals surface area (Å²) in [6, 6.07) is 13.3. The molecule has 0 aliphatic carbocycles. The minimum atomic E-state index is -0.00460. The molecule has 0 spiro atoms. The lowest BCUT2D eigenvalue weighted by Gasteiger charge is -2.15. The van der Waals surface area contributed by atoms with Crippen molar-refractivity contribution in [3.05, 3.63) is 53.6 Å². The van der Waals surface area contributed by atoms with Gasteiger partial charge in [-0.1, -0.05) is 30.3 Å². The summed E-state index contributed by atoms with van der Waals surface area (Å²) in [5.74, 6) is 1.96. The van der Waals surface area contributed by atoms with Gasteiger partial charge < -0.3 is 19.5 Å². The van der Waals surface area contributed by atoms with E-state index in [-0.39, 0.29) is 5.91 Å². The Labute approximate surface area is 142 Å². The molecule has 0 bridgehead atoms. The van der Waals surface area contributed by atoms with Crippen LogP contribution in [-0.2, 0) is 17.6 Å². The zero-order valence-corrected chi connectivity index (χ0v) is 14.3. The van der Waals surface area contributed by atoms with E-state index >= 15 is 0 Å². The lowest BCUT2D eigenvalue weighted by Crippen LogP contribution is -2.27. The molecule has 0 aliphatic heterocycles. The van der Waals surface area contributed by atoms with Gasteiger partial charge in [-0.2, -0.15) is 0 Å². The summed E-state index contributed by atoms with van der Waals surface area (Å²) in [6.45, 7) is 0.512. The monoisotopic (exact) mass is 329 g/mol. The normalized spacial score (nSPS) is 10.1. The van der Waals surface area contributed by atoms with E-state index in [9.17, 15) is 4.79 Å². The van der Waals surface area contributed by atoms with Crippen LogP contribution < -0.4 is 19.5 Å². The van der Waals surface area contributed by atoms with Gasteiger partial charge in [-0.25, -0.2) is 0 Å². The van der Waals surface area contributed by atoms with Crippen LogP contribution in [0.3, 0.4) is 0 Å². The molecular weight excluding hydrogens is 306 g/mol. The fraction of sp³-hybridized carbons (Fsp3) is 0.316. The summed E-state index contributed by atoms with van der Waals surface area (Å²) in [4.78, 5) is 12.0. The SMILES string of the molecule is COc1cc(CCNC(=O)Cc2ccccc2)c(OC)c(OC)c1. The van der Waals surface area contributed by atoms with Gasteiger partial charge in [0.15, 0.2) is 11.5 Å². The summed E-state index contributed by atoms with van der Waals surface area (Å²) in [6.07, 6.45) is 0.997. The molecule has 0 radical (unpaired) electrons. The van der Waals surface area contributed by atoms with Crippen LogP contribution >= 0.6 is 0 Å². The Bertz CT molecular complexity index is 671. The number of carbonyl (C=O) groups is 1. The topological polar surface area (TPSA) is 56.8 Å². The van der Waals surface area contributed by atoms with Crippen molar-refractivity contribution in [2.45, 2.75) is 12.8 Å². The van der Waals surface area contributed by atoms with Gasteiger partial charge in [-0.15, -0.1) is 0 Å². The Hall–Kier alpha value is -2.69. The van der Waals surface area contributed by atoms with Crippen molar-refractivity contribution in [2.75, 3.05) is 27.9 Å². The Kier molecular flexibility index (Phi) is 6.49. The predicted molar refractivity (Wildman–Crippen MR) is 93.0 cm³/mol. The van der Waals surface area contributed by atoms with Crippen molar-refractivity contribution in [3.8, 4) is 17.2 Å². The second-order valence-corrected chi connectivity index (χ2v) is 5.28. The largest absolute Gasteiger partial charge is 0.497 e. The fourth-order valence-electron chi connectivity index (χ4n) is 2.50. The van der Waals surface area contributed by atoms with Gasteiger partial charge in [-0.05, 0) is 18.1 Å². The third-order valence-electron chi connectivity index (χ3n) is 3.69. The molecule has 2 aromatic rings. The molecule has 1 amide bonds. The minimum Gasteiger partial charge on any atom is -0.497 e. The van der Waals surface area contributed by atoms with Crippen molar-refractivity contribution in [1.29, 1.82) is 0 Å². The summed E-state index contributed by atoms with van der Waals surface area (Å²) < 4.78 is 16.0. The van der Waals surface area contributed by atoms with E-state index in [0.29, 0.717) is 36.6 Å². The van der Waals surface area contributed by atoms with Gasteiger partial charge in [0.1, 0.15) is 5.75 Å². The molecule has 0 aliphatic rings. The number of amides is 1. The Morgan fingerprint density at radius 1 is 1.00 bits per heavy atom. The van der Waals surface area contributed by atoms with Crippen LogP contribution in [0.15, 0.2) is 42.5 Å². The highest BCUT2D eigenvalue weighted by Crippen LogP contribution is 2.35. The third kappa shape index (κ3) is 4.65. The molecule has 2 rings (SSSR count). The van der Waals surface area contributed by atoms with Crippen LogP contribution in [0.4, 0.5) is 0 Å². The molecule has 0 saturated heterocycles. The van der Waals surface area contributed by atoms with E-state index in [4.69, 9.17) is 14.2 Å². The summed E-state index contributed by atoms with van der Waals surface area (Å²) in [5, 5.41) is 2.93. The van der Waals surface area contributed by atoms with Crippen LogP contribution in [0.1, 0.15) is 11.1 Å². The molecule has 0 saturated carbocycles. The van der Waals surface area contributed by atoms with E-state index in [1.165, 1.54) is 0 Å². The molecule has 1 N–H and O–H groups in total. The lowest BCUT2D eigenvalue weighted by molar-refractivity contribution is -0.120. The van der Waals surface area contributed by atoms with E-state index in [0.717, 1.165) is 11.1 Å². The third-order valence-corrected chi connectivity index (χ3v) is 3.69. The number of rotatable bonds is 8. The van der Waals surface area contributed by atoms with Crippen molar-refractivity contribution >= 4 is 5.91 Å². The molecule has 0 atom stereocenters. The molecule has 5 heteroatoms. The van der Waals surface area contributed by atoms with Gasteiger partial charge >= 0.3 is 0 Å². The molecule has 0 heterocycles. The minimum absolute atomic E-state index is 0.00460. The highest BCUT2D eigenvalue weighted by atomic mass is 16.5. The van der Waals surface area contributed by atoms with Crippen LogP contribution in [0.25, 0.3) is 0 Å². The summed E-state index contributed by atoms with van der Waals surface area (Å²) >= 11 is 0. The van der Waals surface area contributed by atoms with Crippen LogP contribution in [-0.4, -0.2) is 33.8 Å². The highest BCUT2D eigenvalue weighted by molar-refractivity contribution is 5.78. The Balaban J connectivity index is 1.97. The quantitative estimate of drug-likeness (QED) is 0.809. The smallest absolute Gasteiger partial charge is 0.224 e. The number of benzene rings is 2. The second kappa shape index (κ2) is 8.82. The van der Waals surface area contributed by atoms with E-state index < -0.39 is 0 Å². The molecule has 128 valence electrons. The van der Waals surface area contributed by atoms with Crippen molar-refractivity contribution in [3.63, 3.8) is 0 Å². The van der Waals surface area contributed by atoms with Gasteiger partial charge in [-0.3, -0.25) is 4.79 Å².